The molecule has 3 N–H and O–H groups in total. The van der Waals surface area contributed by atoms with Gasteiger partial charge in [-0.05, 0) is 32.3 Å². The maximum atomic E-state index is 12.2. The van der Waals surface area contributed by atoms with Crippen molar-refractivity contribution >= 4 is 17.4 Å². The monoisotopic (exact) mass is 335 g/mol. The van der Waals surface area contributed by atoms with E-state index in [0.717, 1.165) is 31.2 Å². The number of nitro benzene ring substituents is 1. The molecule has 0 aliphatic heterocycles. The van der Waals surface area contributed by atoms with Crippen molar-refractivity contribution in [1.82, 2.24) is 5.32 Å². The Balaban J connectivity index is 2.02. The zero-order valence-corrected chi connectivity index (χ0v) is 14.2. The van der Waals surface area contributed by atoms with Crippen LogP contribution in [0.25, 0.3) is 0 Å². The SMILES string of the molecule is Cc1ccc([N+](=O)[O-])c(C)c1NC(=O)NCC1(O)CCCCCC1. The van der Waals surface area contributed by atoms with E-state index >= 15 is 0 Å². The molecule has 0 unspecified atom stereocenters. The number of aryl methyl sites for hydroxylation is 1. The fourth-order valence-corrected chi connectivity index (χ4v) is 3.19. The third kappa shape index (κ3) is 4.44. The number of hydrogen-bond donors (Lipinski definition) is 3. The van der Waals surface area contributed by atoms with Crippen LogP contribution >= 0.6 is 0 Å². The number of urea groups is 1. The van der Waals surface area contributed by atoms with E-state index in [2.05, 4.69) is 10.6 Å². The summed E-state index contributed by atoms with van der Waals surface area (Å²) in [4.78, 5) is 22.7. The Morgan fingerprint density at radius 3 is 2.46 bits per heavy atom. The minimum absolute atomic E-state index is 0.0294. The number of aliphatic hydroxyl groups is 1. The van der Waals surface area contributed by atoms with E-state index in [0.29, 0.717) is 24.1 Å². The maximum absolute atomic E-state index is 12.2. The molecule has 0 radical (unpaired) electrons. The standard InChI is InChI=1S/C17H25N3O4/c1-12-7-8-14(20(23)24)13(2)15(12)19-16(21)18-11-17(22)9-5-3-4-6-10-17/h7-8,22H,3-6,9-11H2,1-2H3,(H2,18,19,21). The zero-order chi connectivity index (χ0) is 17.7. The normalized spacial score (nSPS) is 17.0. The van der Waals surface area contributed by atoms with Crippen molar-refractivity contribution in [1.29, 1.82) is 0 Å². The summed E-state index contributed by atoms with van der Waals surface area (Å²) in [5.74, 6) is 0. The molecule has 1 aliphatic carbocycles. The lowest BCUT2D eigenvalue weighted by Crippen LogP contribution is -2.44. The number of nitrogens with zero attached hydrogens (tertiary/aromatic N) is 1. The number of benzene rings is 1. The van der Waals surface area contributed by atoms with Gasteiger partial charge in [0.1, 0.15) is 0 Å². The molecule has 1 saturated carbocycles. The average molecular weight is 335 g/mol. The second kappa shape index (κ2) is 7.61. The third-order valence-corrected chi connectivity index (χ3v) is 4.69. The summed E-state index contributed by atoms with van der Waals surface area (Å²) in [6, 6.07) is 2.58. The van der Waals surface area contributed by atoms with Crippen LogP contribution in [0.1, 0.15) is 49.7 Å². The van der Waals surface area contributed by atoms with E-state index in [-0.39, 0.29) is 12.2 Å². The molecule has 1 aromatic carbocycles. The molecule has 0 spiro atoms. The van der Waals surface area contributed by atoms with Gasteiger partial charge >= 0.3 is 6.03 Å². The van der Waals surface area contributed by atoms with Crippen LogP contribution in [0.5, 0.6) is 0 Å². The smallest absolute Gasteiger partial charge is 0.319 e. The number of rotatable bonds is 4. The summed E-state index contributed by atoms with van der Waals surface area (Å²) < 4.78 is 0. The molecule has 1 fully saturated rings. The topological polar surface area (TPSA) is 105 Å². The molecule has 2 amide bonds. The Morgan fingerprint density at radius 1 is 1.25 bits per heavy atom. The number of nitro groups is 1. The van der Waals surface area contributed by atoms with Crippen LogP contribution in [0, 0.1) is 24.0 Å². The Bertz CT molecular complexity index is 623. The second-order valence-corrected chi connectivity index (χ2v) is 6.60. The van der Waals surface area contributed by atoms with Gasteiger partial charge in [-0.2, -0.15) is 0 Å². The van der Waals surface area contributed by atoms with Gasteiger partial charge in [-0.25, -0.2) is 4.79 Å². The Hall–Kier alpha value is -2.15. The highest BCUT2D eigenvalue weighted by atomic mass is 16.6. The Labute approximate surface area is 141 Å². The molecule has 7 heteroatoms. The number of anilines is 1. The van der Waals surface area contributed by atoms with Gasteiger partial charge in [0.05, 0.1) is 21.8 Å². The molecule has 1 aliphatic rings. The predicted molar refractivity (Wildman–Crippen MR) is 92.2 cm³/mol. The van der Waals surface area contributed by atoms with Gasteiger partial charge in [-0.1, -0.05) is 31.7 Å². The summed E-state index contributed by atoms with van der Waals surface area (Å²) >= 11 is 0. The molecule has 0 aromatic heterocycles. The van der Waals surface area contributed by atoms with E-state index in [4.69, 9.17) is 0 Å². The van der Waals surface area contributed by atoms with Crippen molar-refractivity contribution in [2.24, 2.45) is 0 Å². The van der Waals surface area contributed by atoms with Crippen molar-refractivity contribution in [3.63, 3.8) is 0 Å². The summed E-state index contributed by atoms with van der Waals surface area (Å²) in [5.41, 5.74) is 0.721. The summed E-state index contributed by atoms with van der Waals surface area (Å²) in [5, 5.41) is 27.0. The van der Waals surface area contributed by atoms with Gasteiger partial charge in [0.2, 0.25) is 0 Å². The van der Waals surface area contributed by atoms with Crippen molar-refractivity contribution in [3.05, 3.63) is 33.4 Å². The van der Waals surface area contributed by atoms with Gasteiger partial charge in [0, 0.05) is 12.6 Å². The van der Waals surface area contributed by atoms with Gasteiger partial charge in [0.15, 0.2) is 0 Å². The van der Waals surface area contributed by atoms with E-state index in [1.807, 2.05) is 0 Å². The first-order chi connectivity index (χ1) is 11.3. The predicted octanol–water partition coefficient (Wildman–Crippen LogP) is 3.42. The van der Waals surface area contributed by atoms with E-state index in [1.165, 1.54) is 6.07 Å². The first-order valence-corrected chi connectivity index (χ1v) is 8.34. The molecule has 24 heavy (non-hydrogen) atoms. The van der Waals surface area contributed by atoms with Crippen LogP contribution < -0.4 is 10.6 Å². The molecule has 1 aromatic rings. The fraction of sp³-hybridized carbons (Fsp3) is 0.588. The largest absolute Gasteiger partial charge is 0.388 e. The number of nitrogens with one attached hydrogen (secondary N) is 2. The molecule has 2 rings (SSSR count). The van der Waals surface area contributed by atoms with Gasteiger partial charge in [-0.3, -0.25) is 10.1 Å². The maximum Gasteiger partial charge on any atom is 0.319 e. The Morgan fingerprint density at radius 2 is 1.88 bits per heavy atom. The summed E-state index contributed by atoms with van der Waals surface area (Å²) in [6.07, 6.45) is 5.51. The van der Waals surface area contributed by atoms with Crippen LogP contribution in [0.2, 0.25) is 0 Å². The van der Waals surface area contributed by atoms with Crippen molar-refractivity contribution < 1.29 is 14.8 Å². The first kappa shape index (κ1) is 18.2. The average Bonchev–Trinajstić information content (AvgIpc) is 2.74. The van der Waals surface area contributed by atoms with E-state index < -0.39 is 16.6 Å². The first-order valence-electron chi connectivity index (χ1n) is 8.34. The summed E-state index contributed by atoms with van der Waals surface area (Å²) in [7, 11) is 0. The van der Waals surface area contributed by atoms with Crippen molar-refractivity contribution in [3.8, 4) is 0 Å². The van der Waals surface area contributed by atoms with Crippen LogP contribution in [0.3, 0.4) is 0 Å². The lowest BCUT2D eigenvalue weighted by molar-refractivity contribution is -0.385. The lowest BCUT2D eigenvalue weighted by Gasteiger charge is -2.27. The third-order valence-electron chi connectivity index (χ3n) is 4.69. The molecule has 0 bridgehead atoms. The highest BCUT2D eigenvalue weighted by Crippen LogP contribution is 2.29. The number of carbonyl (C=O) groups is 1. The van der Waals surface area contributed by atoms with Crippen LogP contribution in [-0.2, 0) is 0 Å². The van der Waals surface area contributed by atoms with E-state index in [1.54, 1.807) is 19.9 Å². The minimum atomic E-state index is -0.861. The zero-order valence-electron chi connectivity index (χ0n) is 14.2. The lowest BCUT2D eigenvalue weighted by atomic mass is 9.94. The number of amides is 2. The number of carbonyl (C=O) groups excluding carboxylic acids is 1. The highest BCUT2D eigenvalue weighted by Gasteiger charge is 2.28. The Kier molecular flexibility index (Phi) is 5.77. The quantitative estimate of drug-likeness (QED) is 0.445. The van der Waals surface area contributed by atoms with Gasteiger partial charge in [-0.15, -0.1) is 0 Å². The molecular weight excluding hydrogens is 310 g/mol. The van der Waals surface area contributed by atoms with Crippen LogP contribution in [-0.4, -0.2) is 28.2 Å². The summed E-state index contributed by atoms with van der Waals surface area (Å²) in [6.45, 7) is 3.58. The van der Waals surface area contributed by atoms with Gasteiger partial charge < -0.3 is 15.7 Å². The molecule has 0 heterocycles. The second-order valence-electron chi connectivity index (χ2n) is 6.60. The fourth-order valence-electron chi connectivity index (χ4n) is 3.19. The molecule has 0 saturated heterocycles. The van der Waals surface area contributed by atoms with Crippen LogP contribution in [0.4, 0.5) is 16.2 Å². The number of hydrogen-bond acceptors (Lipinski definition) is 4. The molecular formula is C17H25N3O4. The highest BCUT2D eigenvalue weighted by molar-refractivity contribution is 5.91. The molecule has 0 atom stereocenters. The molecule has 7 nitrogen and oxygen atoms in total. The molecule has 132 valence electrons. The minimum Gasteiger partial charge on any atom is -0.388 e. The van der Waals surface area contributed by atoms with E-state index in [9.17, 15) is 20.0 Å². The van der Waals surface area contributed by atoms with Crippen molar-refractivity contribution in [2.75, 3.05) is 11.9 Å². The van der Waals surface area contributed by atoms with Crippen LogP contribution in [0.15, 0.2) is 12.1 Å². The van der Waals surface area contributed by atoms with Gasteiger partial charge in [0.25, 0.3) is 5.69 Å². The van der Waals surface area contributed by atoms with Crippen molar-refractivity contribution in [2.45, 2.75) is 58.0 Å².